The maximum Gasteiger partial charge on any atom is 0 e. The Hall–Kier alpha value is 0.532. The third-order valence-corrected chi connectivity index (χ3v) is 0.707. The first-order chi connectivity index (χ1) is 2.41. The molecule has 0 spiro atoms. The van der Waals surface area contributed by atoms with Crippen molar-refractivity contribution in [3.63, 3.8) is 0 Å². The van der Waals surface area contributed by atoms with Crippen molar-refractivity contribution in [2.45, 2.75) is 33.1 Å². The second-order valence-corrected chi connectivity index (χ2v) is 1.35. The summed E-state index contributed by atoms with van der Waals surface area (Å²) in [6.07, 6.45) is 4.08. The summed E-state index contributed by atoms with van der Waals surface area (Å²) in [5, 5.41) is 0. The SMILES string of the molecule is CCCCC.[Cr]. The Labute approximate surface area is 51.1 Å². The quantitative estimate of drug-likeness (QED) is 0.529. The smallest absolute Gasteiger partial charge is 0 e. The van der Waals surface area contributed by atoms with Crippen LogP contribution >= 0.6 is 0 Å². The molecule has 38 valence electrons. The molecule has 6 heavy (non-hydrogen) atoms. The summed E-state index contributed by atoms with van der Waals surface area (Å²) in [6, 6.07) is 0. The predicted molar refractivity (Wildman–Crippen MR) is 25.2 cm³/mol. The van der Waals surface area contributed by atoms with Crippen molar-refractivity contribution in [2.24, 2.45) is 0 Å². The van der Waals surface area contributed by atoms with E-state index in [0.717, 1.165) is 0 Å². The summed E-state index contributed by atoms with van der Waals surface area (Å²) in [5.41, 5.74) is 0. The van der Waals surface area contributed by atoms with Gasteiger partial charge in [-0.15, -0.1) is 0 Å². The summed E-state index contributed by atoms with van der Waals surface area (Å²) in [4.78, 5) is 0. The summed E-state index contributed by atoms with van der Waals surface area (Å²) in [6.45, 7) is 4.42. The molecule has 0 fully saturated rings. The van der Waals surface area contributed by atoms with Crippen LogP contribution in [0.15, 0.2) is 0 Å². The fourth-order valence-corrected chi connectivity index (χ4v) is 0.354. The number of hydrogen-bond donors (Lipinski definition) is 0. The zero-order chi connectivity index (χ0) is 4.12. The zero-order valence-electron chi connectivity index (χ0n) is 4.53. The molecule has 0 unspecified atom stereocenters. The van der Waals surface area contributed by atoms with Crippen molar-refractivity contribution in [3.8, 4) is 0 Å². The Morgan fingerprint density at radius 2 is 1.33 bits per heavy atom. The minimum atomic E-state index is 0. The van der Waals surface area contributed by atoms with Crippen LogP contribution in [0.25, 0.3) is 0 Å². The summed E-state index contributed by atoms with van der Waals surface area (Å²) in [5.74, 6) is 0. The van der Waals surface area contributed by atoms with Crippen LogP contribution in [0.1, 0.15) is 33.1 Å². The third-order valence-electron chi connectivity index (χ3n) is 0.707. The van der Waals surface area contributed by atoms with E-state index < -0.39 is 0 Å². The van der Waals surface area contributed by atoms with Gasteiger partial charge in [-0.05, 0) is 0 Å². The van der Waals surface area contributed by atoms with Crippen molar-refractivity contribution in [3.05, 3.63) is 0 Å². The monoisotopic (exact) mass is 124 g/mol. The van der Waals surface area contributed by atoms with Gasteiger partial charge < -0.3 is 0 Å². The maximum atomic E-state index is 2.21. The summed E-state index contributed by atoms with van der Waals surface area (Å²) >= 11 is 0. The molecule has 0 nitrogen and oxygen atoms in total. The summed E-state index contributed by atoms with van der Waals surface area (Å²) < 4.78 is 0. The number of rotatable bonds is 2. The van der Waals surface area contributed by atoms with E-state index in [0.29, 0.717) is 0 Å². The molecule has 0 atom stereocenters. The van der Waals surface area contributed by atoms with Crippen LogP contribution in [-0.4, -0.2) is 0 Å². The van der Waals surface area contributed by atoms with Crippen molar-refractivity contribution in [1.29, 1.82) is 0 Å². The zero-order valence-corrected chi connectivity index (χ0v) is 5.80. The van der Waals surface area contributed by atoms with E-state index in [2.05, 4.69) is 13.8 Å². The van der Waals surface area contributed by atoms with E-state index in [4.69, 9.17) is 0 Å². The van der Waals surface area contributed by atoms with Gasteiger partial charge in [-0.1, -0.05) is 33.1 Å². The van der Waals surface area contributed by atoms with Gasteiger partial charge in [-0.25, -0.2) is 0 Å². The first kappa shape index (κ1) is 9.73. The van der Waals surface area contributed by atoms with Crippen LogP contribution < -0.4 is 0 Å². The van der Waals surface area contributed by atoms with E-state index in [-0.39, 0.29) is 17.4 Å². The normalized spacial score (nSPS) is 7.00. The molecule has 0 aliphatic rings. The Kier molecular flexibility index (Phi) is 14.8. The number of hydrogen-bond acceptors (Lipinski definition) is 0. The third kappa shape index (κ3) is 8.82. The molecule has 0 aromatic rings. The molecule has 0 aliphatic heterocycles. The van der Waals surface area contributed by atoms with Gasteiger partial charge in [-0.2, -0.15) is 0 Å². The van der Waals surface area contributed by atoms with Crippen molar-refractivity contribution in [1.82, 2.24) is 0 Å². The van der Waals surface area contributed by atoms with Crippen LogP contribution in [0.2, 0.25) is 0 Å². The van der Waals surface area contributed by atoms with Crippen LogP contribution in [0.5, 0.6) is 0 Å². The largest absolute Gasteiger partial charge is 0.0654 e. The Morgan fingerprint density at radius 3 is 1.33 bits per heavy atom. The molecule has 0 bridgehead atoms. The van der Waals surface area contributed by atoms with E-state index in [9.17, 15) is 0 Å². The standard InChI is InChI=1S/C5H12.Cr/c1-3-5-4-2;/h3-5H2,1-2H3;. The van der Waals surface area contributed by atoms with Crippen molar-refractivity contribution < 1.29 is 17.4 Å². The van der Waals surface area contributed by atoms with Crippen LogP contribution in [0.4, 0.5) is 0 Å². The Bertz CT molecular complexity index is 11.4. The van der Waals surface area contributed by atoms with Crippen LogP contribution in [0, 0.1) is 0 Å². The fourth-order valence-electron chi connectivity index (χ4n) is 0.354. The minimum absolute atomic E-state index is 0. The first-order valence-corrected chi connectivity index (χ1v) is 2.41. The van der Waals surface area contributed by atoms with Gasteiger partial charge in [0.1, 0.15) is 0 Å². The molecule has 0 N–H and O–H groups in total. The molecule has 0 saturated carbocycles. The fraction of sp³-hybridized carbons (Fsp3) is 1.00. The molecular weight excluding hydrogens is 112 g/mol. The molecule has 0 radical (unpaired) electrons. The molecular formula is C5H12Cr. The van der Waals surface area contributed by atoms with Gasteiger partial charge in [-0.3, -0.25) is 0 Å². The second kappa shape index (κ2) is 9.11. The van der Waals surface area contributed by atoms with Crippen LogP contribution in [-0.2, 0) is 17.4 Å². The van der Waals surface area contributed by atoms with Crippen LogP contribution in [0.3, 0.4) is 0 Å². The summed E-state index contributed by atoms with van der Waals surface area (Å²) in [7, 11) is 0. The Morgan fingerprint density at radius 1 is 1.00 bits per heavy atom. The molecule has 0 heterocycles. The predicted octanol–water partition coefficient (Wildman–Crippen LogP) is 2.19. The average molecular weight is 124 g/mol. The topological polar surface area (TPSA) is 0 Å². The van der Waals surface area contributed by atoms with E-state index in [1.807, 2.05) is 0 Å². The van der Waals surface area contributed by atoms with E-state index >= 15 is 0 Å². The molecule has 0 aromatic heterocycles. The number of unbranched alkanes of at least 4 members (excludes halogenated alkanes) is 2. The molecule has 0 aliphatic carbocycles. The van der Waals surface area contributed by atoms with Gasteiger partial charge in [0.25, 0.3) is 0 Å². The Balaban J connectivity index is 0. The van der Waals surface area contributed by atoms with Crippen molar-refractivity contribution >= 4 is 0 Å². The van der Waals surface area contributed by atoms with E-state index in [1.165, 1.54) is 19.3 Å². The molecule has 0 amide bonds. The molecule has 1 heteroatoms. The average Bonchev–Trinajstić information content (AvgIpc) is 1.41. The second-order valence-electron chi connectivity index (χ2n) is 1.35. The van der Waals surface area contributed by atoms with E-state index in [1.54, 1.807) is 0 Å². The van der Waals surface area contributed by atoms with Gasteiger partial charge in [0.05, 0.1) is 0 Å². The first-order valence-electron chi connectivity index (χ1n) is 2.41. The minimum Gasteiger partial charge on any atom is -0.0654 e. The molecule has 0 aromatic carbocycles. The van der Waals surface area contributed by atoms with Gasteiger partial charge in [0.2, 0.25) is 0 Å². The maximum absolute atomic E-state index is 2.21. The van der Waals surface area contributed by atoms with Gasteiger partial charge in [0.15, 0.2) is 0 Å². The molecule has 0 rings (SSSR count). The van der Waals surface area contributed by atoms with Crippen molar-refractivity contribution in [2.75, 3.05) is 0 Å². The molecule has 0 saturated heterocycles. The van der Waals surface area contributed by atoms with Gasteiger partial charge in [0, 0.05) is 17.4 Å². The van der Waals surface area contributed by atoms with Gasteiger partial charge >= 0.3 is 0 Å².